The number of piperidine rings is 1. The molecule has 5 rings (SSSR count). The van der Waals surface area contributed by atoms with Crippen LogP contribution in [0.2, 0.25) is 0 Å². The van der Waals surface area contributed by atoms with Gasteiger partial charge in [0.05, 0.1) is 16.7 Å². The third-order valence-corrected chi connectivity index (χ3v) is 5.72. The van der Waals surface area contributed by atoms with E-state index in [2.05, 4.69) is 15.4 Å². The number of likely N-dealkylation sites (tertiary alicyclic amines) is 1. The molecule has 28 heavy (non-hydrogen) atoms. The van der Waals surface area contributed by atoms with E-state index in [1.807, 2.05) is 17.5 Å². The third-order valence-electron chi connectivity index (χ3n) is 4.83. The second-order valence-electron chi connectivity index (χ2n) is 6.58. The van der Waals surface area contributed by atoms with Gasteiger partial charge in [0.1, 0.15) is 6.26 Å². The number of nitrogens with zero attached hydrogens (tertiary/aromatic N) is 4. The summed E-state index contributed by atoms with van der Waals surface area (Å²) in [6, 6.07) is 7.35. The molecule has 0 aromatic carbocycles. The summed E-state index contributed by atoms with van der Waals surface area (Å²) in [4.78, 5) is 15.5. The van der Waals surface area contributed by atoms with Crippen molar-refractivity contribution in [1.29, 1.82) is 0 Å². The molecule has 0 unspecified atom stereocenters. The van der Waals surface area contributed by atoms with Crippen molar-refractivity contribution in [3.8, 4) is 22.1 Å². The highest BCUT2D eigenvalue weighted by Gasteiger charge is 2.29. The Hall–Kier alpha value is -3.20. The molecule has 142 valence electrons. The summed E-state index contributed by atoms with van der Waals surface area (Å²) in [6.07, 6.45) is 4.65. The first kappa shape index (κ1) is 16.9. The molecule has 0 aliphatic carbocycles. The highest BCUT2D eigenvalue weighted by Crippen LogP contribution is 2.30. The van der Waals surface area contributed by atoms with Crippen LogP contribution < -0.4 is 0 Å². The molecule has 1 fully saturated rings. The normalized spacial score (nSPS) is 15.2. The van der Waals surface area contributed by atoms with Crippen LogP contribution in [-0.4, -0.2) is 39.3 Å². The van der Waals surface area contributed by atoms with Gasteiger partial charge in [0.25, 0.3) is 11.8 Å². The monoisotopic (exact) mass is 396 g/mol. The zero-order valence-electron chi connectivity index (χ0n) is 14.8. The zero-order valence-corrected chi connectivity index (χ0v) is 15.6. The minimum Gasteiger partial charge on any atom is -0.472 e. The van der Waals surface area contributed by atoms with Gasteiger partial charge in [0, 0.05) is 25.1 Å². The number of rotatable bonds is 4. The summed E-state index contributed by atoms with van der Waals surface area (Å²) in [5.74, 6) is 1.69. The summed E-state index contributed by atoms with van der Waals surface area (Å²) in [7, 11) is 0. The molecule has 1 saturated heterocycles. The summed E-state index contributed by atoms with van der Waals surface area (Å²) >= 11 is 1.55. The van der Waals surface area contributed by atoms with Gasteiger partial charge in [0.2, 0.25) is 5.89 Å². The van der Waals surface area contributed by atoms with Crippen molar-refractivity contribution in [3.05, 3.63) is 53.8 Å². The number of carbonyl (C=O) groups is 1. The van der Waals surface area contributed by atoms with Gasteiger partial charge in [-0.2, -0.15) is 0 Å². The first-order chi connectivity index (χ1) is 13.8. The van der Waals surface area contributed by atoms with E-state index in [4.69, 9.17) is 13.4 Å². The fourth-order valence-electron chi connectivity index (χ4n) is 3.30. The molecule has 0 saturated carbocycles. The Morgan fingerprint density at radius 1 is 1.21 bits per heavy atom. The molecule has 0 radical (unpaired) electrons. The van der Waals surface area contributed by atoms with Crippen molar-refractivity contribution in [3.63, 3.8) is 0 Å². The highest BCUT2D eigenvalue weighted by atomic mass is 32.1. The van der Waals surface area contributed by atoms with Crippen molar-refractivity contribution < 1.29 is 18.2 Å². The number of carbonyl (C=O) groups excluding carboxylic acids is 1. The molecule has 4 aromatic rings. The smallest absolute Gasteiger partial charge is 0.276 e. The largest absolute Gasteiger partial charge is 0.472 e. The highest BCUT2D eigenvalue weighted by molar-refractivity contribution is 7.13. The van der Waals surface area contributed by atoms with Crippen LogP contribution in [0.5, 0.6) is 0 Å². The molecule has 1 amide bonds. The van der Waals surface area contributed by atoms with E-state index in [0.717, 1.165) is 23.3 Å². The van der Waals surface area contributed by atoms with Gasteiger partial charge in [-0.05, 0) is 30.4 Å². The van der Waals surface area contributed by atoms with Crippen molar-refractivity contribution in [2.24, 2.45) is 0 Å². The Morgan fingerprint density at radius 3 is 2.86 bits per heavy atom. The molecular weight excluding hydrogens is 380 g/mol. The average Bonchev–Trinajstić information content (AvgIpc) is 3.52. The van der Waals surface area contributed by atoms with Crippen LogP contribution in [0.4, 0.5) is 0 Å². The fraction of sp³-hybridized carbons (Fsp3) is 0.263. The Morgan fingerprint density at radius 2 is 2.11 bits per heavy atom. The van der Waals surface area contributed by atoms with E-state index < -0.39 is 0 Å². The molecule has 0 N–H and O–H groups in total. The predicted octanol–water partition coefficient (Wildman–Crippen LogP) is 4.07. The predicted molar refractivity (Wildman–Crippen MR) is 99.7 cm³/mol. The molecule has 0 atom stereocenters. The minimum absolute atomic E-state index is 0.116. The Labute approximate surface area is 163 Å². The lowest BCUT2D eigenvalue weighted by molar-refractivity contribution is 0.0696. The molecule has 1 aliphatic rings. The van der Waals surface area contributed by atoms with E-state index in [-0.39, 0.29) is 11.8 Å². The lowest BCUT2D eigenvalue weighted by Crippen LogP contribution is -2.38. The second-order valence-corrected chi connectivity index (χ2v) is 7.53. The second kappa shape index (κ2) is 7.08. The number of hydrogen-bond donors (Lipinski definition) is 0. The van der Waals surface area contributed by atoms with Crippen LogP contribution in [-0.2, 0) is 0 Å². The maximum Gasteiger partial charge on any atom is 0.276 e. The number of amides is 1. The third kappa shape index (κ3) is 3.13. The fourth-order valence-corrected chi connectivity index (χ4v) is 3.98. The van der Waals surface area contributed by atoms with Gasteiger partial charge < -0.3 is 18.3 Å². The molecule has 8 nitrogen and oxygen atoms in total. The topological polar surface area (TPSA) is 98.4 Å². The standard InChI is InChI=1S/C19H16N4O4S/c24-19(14-10-15(27-22-14)16-2-1-9-28-16)23-6-3-12(4-7-23)17-20-21-18(26-17)13-5-8-25-11-13/h1-2,5,8-12H,3-4,6-7H2. The van der Waals surface area contributed by atoms with Crippen LogP contribution in [0.15, 0.2) is 55.5 Å². The first-order valence-corrected chi connectivity index (χ1v) is 9.82. The molecule has 9 heteroatoms. The molecule has 0 spiro atoms. The van der Waals surface area contributed by atoms with Crippen molar-refractivity contribution >= 4 is 17.2 Å². The quantitative estimate of drug-likeness (QED) is 0.513. The summed E-state index contributed by atoms with van der Waals surface area (Å²) in [5, 5.41) is 14.2. The molecule has 1 aliphatic heterocycles. The van der Waals surface area contributed by atoms with Crippen molar-refractivity contribution in [2.45, 2.75) is 18.8 Å². The Balaban J connectivity index is 1.23. The van der Waals surface area contributed by atoms with Crippen LogP contribution in [0.3, 0.4) is 0 Å². The van der Waals surface area contributed by atoms with Gasteiger partial charge >= 0.3 is 0 Å². The SMILES string of the molecule is O=C(c1cc(-c2cccs2)on1)N1CCC(c2nnc(-c3ccoc3)o2)CC1. The summed E-state index contributed by atoms with van der Waals surface area (Å²) < 4.78 is 16.1. The van der Waals surface area contributed by atoms with Crippen LogP contribution >= 0.6 is 11.3 Å². The van der Waals surface area contributed by atoms with E-state index >= 15 is 0 Å². The molecule has 0 bridgehead atoms. The summed E-state index contributed by atoms with van der Waals surface area (Å²) in [6.45, 7) is 1.21. The number of thiophene rings is 1. The molecule has 4 aromatic heterocycles. The van der Waals surface area contributed by atoms with E-state index in [1.54, 1.807) is 40.9 Å². The van der Waals surface area contributed by atoms with E-state index in [1.165, 1.54) is 0 Å². The molecule has 5 heterocycles. The number of hydrogen-bond acceptors (Lipinski definition) is 8. The van der Waals surface area contributed by atoms with Gasteiger partial charge in [-0.3, -0.25) is 4.79 Å². The van der Waals surface area contributed by atoms with Crippen LogP contribution in [0.1, 0.15) is 35.1 Å². The summed E-state index contributed by atoms with van der Waals surface area (Å²) in [5.41, 5.74) is 1.10. The average molecular weight is 396 g/mol. The van der Waals surface area contributed by atoms with Crippen LogP contribution in [0, 0.1) is 0 Å². The maximum absolute atomic E-state index is 12.7. The van der Waals surface area contributed by atoms with Gasteiger partial charge in [-0.25, -0.2) is 0 Å². The van der Waals surface area contributed by atoms with Gasteiger partial charge in [-0.1, -0.05) is 11.2 Å². The van der Waals surface area contributed by atoms with E-state index in [9.17, 15) is 4.79 Å². The Kier molecular flexibility index (Phi) is 4.28. The molecular formula is C19H16N4O4S. The van der Waals surface area contributed by atoms with Gasteiger partial charge in [-0.15, -0.1) is 21.5 Å². The van der Waals surface area contributed by atoms with Gasteiger partial charge in [0.15, 0.2) is 11.5 Å². The zero-order chi connectivity index (χ0) is 18.9. The van der Waals surface area contributed by atoms with E-state index in [0.29, 0.717) is 36.3 Å². The minimum atomic E-state index is -0.116. The Bertz CT molecular complexity index is 1060. The lowest BCUT2D eigenvalue weighted by atomic mass is 9.96. The number of furan rings is 1. The first-order valence-electron chi connectivity index (χ1n) is 8.94. The lowest BCUT2D eigenvalue weighted by Gasteiger charge is -2.29. The van der Waals surface area contributed by atoms with Crippen molar-refractivity contribution in [2.75, 3.05) is 13.1 Å². The number of aromatic nitrogens is 3. The van der Waals surface area contributed by atoms with Crippen molar-refractivity contribution in [1.82, 2.24) is 20.3 Å². The van der Waals surface area contributed by atoms with Crippen LogP contribution in [0.25, 0.3) is 22.1 Å². The maximum atomic E-state index is 12.7.